The summed E-state index contributed by atoms with van der Waals surface area (Å²) >= 11 is 2.18. The third-order valence-corrected chi connectivity index (χ3v) is 9.46. The molecule has 2 saturated carbocycles. The monoisotopic (exact) mass is 668 g/mol. The molecule has 8 nitrogen and oxygen atoms in total. The molecule has 0 unspecified atom stereocenters. The fourth-order valence-electron chi connectivity index (χ4n) is 6.03. The van der Waals surface area contributed by atoms with Crippen LogP contribution in [0.3, 0.4) is 0 Å². The molecule has 0 aliphatic heterocycles. The Labute approximate surface area is 252 Å². The average molecular weight is 669 g/mol. The Hall–Kier alpha value is -1.69. The van der Waals surface area contributed by atoms with Gasteiger partial charge in [-0.05, 0) is 90.2 Å². The Bertz CT molecular complexity index is 1040. The molecule has 4 rings (SSSR count). The van der Waals surface area contributed by atoms with Crippen LogP contribution in [-0.2, 0) is 14.3 Å². The van der Waals surface area contributed by atoms with Gasteiger partial charge in [-0.2, -0.15) is 0 Å². The number of aliphatic hydroxyl groups is 2. The largest absolute Gasteiger partial charge is 0.482 e. The van der Waals surface area contributed by atoms with E-state index in [0.717, 1.165) is 29.3 Å². The molecule has 222 valence electrons. The van der Waals surface area contributed by atoms with Gasteiger partial charge in [0.05, 0.1) is 22.3 Å². The summed E-state index contributed by atoms with van der Waals surface area (Å²) < 4.78 is 13.5. The van der Waals surface area contributed by atoms with Crippen LogP contribution in [0.2, 0.25) is 0 Å². The Kier molecular flexibility index (Phi) is 11.3. The summed E-state index contributed by atoms with van der Waals surface area (Å²) in [4.78, 5) is 28.6. The standard InChI is InChI=1S/C31H45IN2O6/c1-19(2)23-11-8-20(3)14-27(23)39-18-29(36)34(17-21-9-10-21)25-15-22(31(38)33-12-13-35)16-28(30(25)37)40-26-7-5-4-6-24(26)32/h4-7,16,19-21,23,25,27-28,30,35,37H,8-15,17-18H2,1-3H3,(H,33,38)/t20-,23+,25+,27-,28-,30-/m0/s1. The van der Waals surface area contributed by atoms with E-state index in [1.54, 1.807) is 11.0 Å². The molecular formula is C31H45IN2O6. The zero-order chi connectivity index (χ0) is 28.8. The number of hydrogen-bond donors (Lipinski definition) is 3. The number of carbonyl (C=O) groups excluding carboxylic acids is 2. The highest BCUT2D eigenvalue weighted by atomic mass is 127. The molecule has 0 radical (unpaired) electrons. The number of rotatable bonds is 12. The molecular weight excluding hydrogens is 623 g/mol. The van der Waals surface area contributed by atoms with E-state index in [-0.39, 0.29) is 44.1 Å². The van der Waals surface area contributed by atoms with Crippen molar-refractivity contribution in [2.45, 2.75) is 83.6 Å². The van der Waals surface area contributed by atoms with Crippen molar-refractivity contribution in [1.29, 1.82) is 0 Å². The van der Waals surface area contributed by atoms with Gasteiger partial charge in [-0.1, -0.05) is 39.3 Å². The van der Waals surface area contributed by atoms with Crippen LogP contribution in [0.4, 0.5) is 0 Å². The number of carbonyl (C=O) groups is 2. The molecule has 3 N–H and O–H groups in total. The molecule has 2 amide bonds. The third kappa shape index (κ3) is 8.20. The number of hydrogen-bond acceptors (Lipinski definition) is 6. The van der Waals surface area contributed by atoms with E-state index in [4.69, 9.17) is 9.47 Å². The summed E-state index contributed by atoms with van der Waals surface area (Å²) in [6.45, 7) is 7.14. The number of amides is 2. The summed E-state index contributed by atoms with van der Waals surface area (Å²) in [6.07, 6.45) is 5.41. The number of nitrogens with one attached hydrogen (secondary N) is 1. The van der Waals surface area contributed by atoms with Crippen molar-refractivity contribution in [3.63, 3.8) is 0 Å². The maximum absolute atomic E-state index is 13.8. The molecule has 1 aromatic carbocycles. The quantitative estimate of drug-likeness (QED) is 0.292. The van der Waals surface area contributed by atoms with E-state index < -0.39 is 18.2 Å². The SMILES string of the molecule is CC(C)[C@H]1CC[C@H](C)C[C@@H]1OCC(=O)N(CC1CC1)[C@@H]1CC(C(=O)NCCO)=C[C@H](Oc2ccccc2I)[C@H]1O. The number of benzene rings is 1. The number of aliphatic hydroxyl groups excluding tert-OH is 2. The van der Waals surface area contributed by atoms with Crippen molar-refractivity contribution >= 4 is 34.4 Å². The fraction of sp³-hybridized carbons (Fsp3) is 0.677. The zero-order valence-electron chi connectivity index (χ0n) is 23.9. The fourth-order valence-corrected chi connectivity index (χ4v) is 6.55. The highest BCUT2D eigenvalue weighted by Crippen LogP contribution is 2.37. The van der Waals surface area contributed by atoms with Gasteiger partial charge in [0, 0.05) is 25.1 Å². The minimum atomic E-state index is -1.02. The predicted molar refractivity (Wildman–Crippen MR) is 162 cm³/mol. The topological polar surface area (TPSA) is 108 Å². The van der Waals surface area contributed by atoms with Crippen molar-refractivity contribution in [2.75, 3.05) is 26.3 Å². The lowest BCUT2D eigenvalue weighted by molar-refractivity contribution is -0.148. The molecule has 0 saturated heterocycles. The van der Waals surface area contributed by atoms with Crippen molar-refractivity contribution in [2.24, 2.45) is 23.7 Å². The summed E-state index contributed by atoms with van der Waals surface area (Å²) in [5, 5.41) is 23.5. The first-order valence-corrected chi connectivity index (χ1v) is 15.9. The minimum absolute atomic E-state index is 0.0333. The van der Waals surface area contributed by atoms with E-state index >= 15 is 0 Å². The van der Waals surface area contributed by atoms with Gasteiger partial charge in [0.1, 0.15) is 24.6 Å². The molecule has 3 aliphatic carbocycles. The highest BCUT2D eigenvalue weighted by molar-refractivity contribution is 14.1. The second-order valence-corrected chi connectivity index (χ2v) is 13.3. The zero-order valence-corrected chi connectivity index (χ0v) is 26.1. The number of nitrogens with zero attached hydrogens (tertiary/aromatic N) is 1. The first kappa shape index (κ1) is 31.3. The predicted octanol–water partition coefficient (Wildman–Crippen LogP) is 3.92. The van der Waals surface area contributed by atoms with Gasteiger partial charge in [-0.15, -0.1) is 0 Å². The average Bonchev–Trinajstić information content (AvgIpc) is 3.75. The second-order valence-electron chi connectivity index (χ2n) is 12.1. The molecule has 0 bridgehead atoms. The Balaban J connectivity index is 1.55. The molecule has 2 fully saturated rings. The molecule has 1 aromatic rings. The van der Waals surface area contributed by atoms with Crippen molar-refractivity contribution in [3.8, 4) is 5.75 Å². The third-order valence-electron chi connectivity index (χ3n) is 8.57. The van der Waals surface area contributed by atoms with Crippen LogP contribution in [0.5, 0.6) is 5.75 Å². The summed E-state index contributed by atoms with van der Waals surface area (Å²) in [7, 11) is 0. The Morgan fingerprint density at radius 2 is 1.93 bits per heavy atom. The normalized spacial score (nSPS) is 28.6. The maximum atomic E-state index is 13.8. The Morgan fingerprint density at radius 3 is 2.60 bits per heavy atom. The minimum Gasteiger partial charge on any atom is -0.482 e. The maximum Gasteiger partial charge on any atom is 0.248 e. The van der Waals surface area contributed by atoms with Crippen LogP contribution in [0.15, 0.2) is 35.9 Å². The first-order valence-electron chi connectivity index (χ1n) is 14.8. The molecule has 40 heavy (non-hydrogen) atoms. The lowest BCUT2D eigenvalue weighted by Crippen LogP contribution is -2.56. The van der Waals surface area contributed by atoms with Crippen LogP contribution in [0.1, 0.15) is 59.3 Å². The van der Waals surface area contributed by atoms with E-state index in [1.807, 2.05) is 24.3 Å². The van der Waals surface area contributed by atoms with E-state index in [0.29, 0.717) is 41.5 Å². The van der Waals surface area contributed by atoms with Gasteiger partial charge in [0.15, 0.2) is 0 Å². The van der Waals surface area contributed by atoms with Crippen LogP contribution in [0.25, 0.3) is 0 Å². The van der Waals surface area contributed by atoms with Crippen molar-refractivity contribution in [1.82, 2.24) is 10.2 Å². The van der Waals surface area contributed by atoms with Gasteiger partial charge in [0.2, 0.25) is 11.8 Å². The molecule has 0 heterocycles. The van der Waals surface area contributed by atoms with Crippen LogP contribution in [0, 0.1) is 27.2 Å². The number of ether oxygens (including phenoxy) is 2. The van der Waals surface area contributed by atoms with E-state index in [1.165, 1.54) is 6.42 Å². The van der Waals surface area contributed by atoms with Crippen LogP contribution >= 0.6 is 22.6 Å². The number of halogens is 1. The van der Waals surface area contributed by atoms with E-state index in [9.17, 15) is 19.8 Å². The smallest absolute Gasteiger partial charge is 0.248 e. The molecule has 6 atom stereocenters. The molecule has 0 aromatic heterocycles. The molecule has 3 aliphatic rings. The Morgan fingerprint density at radius 1 is 1.18 bits per heavy atom. The summed E-state index contributed by atoms with van der Waals surface area (Å²) in [6, 6.07) is 6.88. The van der Waals surface area contributed by atoms with E-state index in [2.05, 4.69) is 48.7 Å². The highest BCUT2D eigenvalue weighted by Gasteiger charge is 2.42. The van der Waals surface area contributed by atoms with Crippen LogP contribution < -0.4 is 10.1 Å². The molecule has 0 spiro atoms. The second kappa shape index (κ2) is 14.5. The van der Waals surface area contributed by atoms with Crippen LogP contribution in [-0.4, -0.2) is 77.6 Å². The summed E-state index contributed by atoms with van der Waals surface area (Å²) in [5.41, 5.74) is 0.440. The van der Waals surface area contributed by atoms with Gasteiger partial charge >= 0.3 is 0 Å². The van der Waals surface area contributed by atoms with Crippen molar-refractivity contribution < 1.29 is 29.3 Å². The number of para-hydroxylation sites is 1. The van der Waals surface area contributed by atoms with Gasteiger partial charge < -0.3 is 29.9 Å². The van der Waals surface area contributed by atoms with Crippen molar-refractivity contribution in [3.05, 3.63) is 39.5 Å². The lowest BCUT2D eigenvalue weighted by atomic mass is 9.75. The molecule has 9 heteroatoms. The summed E-state index contributed by atoms with van der Waals surface area (Å²) in [5.74, 6) is 2.00. The van der Waals surface area contributed by atoms with Gasteiger partial charge in [-0.25, -0.2) is 0 Å². The van der Waals surface area contributed by atoms with Gasteiger partial charge in [-0.3, -0.25) is 9.59 Å². The first-order chi connectivity index (χ1) is 19.2. The lowest BCUT2D eigenvalue weighted by Gasteiger charge is -2.41. The van der Waals surface area contributed by atoms with Gasteiger partial charge in [0.25, 0.3) is 0 Å².